The summed E-state index contributed by atoms with van der Waals surface area (Å²) in [6.07, 6.45) is 4.64. The van der Waals surface area contributed by atoms with E-state index in [1.54, 1.807) is 6.20 Å². The van der Waals surface area contributed by atoms with Crippen LogP contribution >= 0.6 is 0 Å². The van der Waals surface area contributed by atoms with E-state index in [4.69, 9.17) is 4.99 Å². The van der Waals surface area contributed by atoms with Gasteiger partial charge >= 0.3 is 0 Å². The van der Waals surface area contributed by atoms with Crippen LogP contribution in [0.15, 0.2) is 72.0 Å². The predicted octanol–water partition coefficient (Wildman–Crippen LogP) is 2.57. The Morgan fingerprint density at radius 2 is 1.81 bits per heavy atom. The molecule has 1 amide bonds. The first-order valence-corrected chi connectivity index (χ1v) is 11.1. The van der Waals surface area contributed by atoms with Crippen LogP contribution in [0.4, 0.5) is 0 Å². The lowest BCUT2D eigenvalue weighted by Gasteiger charge is -2.29. The third kappa shape index (κ3) is 5.55. The Bertz CT molecular complexity index is 1060. The van der Waals surface area contributed by atoms with E-state index in [9.17, 15) is 4.79 Å². The van der Waals surface area contributed by atoms with Crippen molar-refractivity contribution in [3.05, 3.63) is 89.2 Å². The quantitative estimate of drug-likeness (QED) is 0.446. The van der Waals surface area contributed by atoms with Crippen molar-refractivity contribution >= 4 is 11.9 Å². The van der Waals surface area contributed by atoms with Gasteiger partial charge in [-0.15, -0.1) is 0 Å². The molecule has 0 aliphatic carbocycles. The molecule has 0 spiro atoms. The summed E-state index contributed by atoms with van der Waals surface area (Å²) in [4.78, 5) is 19.4. The summed E-state index contributed by atoms with van der Waals surface area (Å²) in [5.41, 5.74) is 4.90. The van der Waals surface area contributed by atoms with Gasteiger partial charge in [-0.3, -0.25) is 9.48 Å². The minimum absolute atomic E-state index is 0.0872. The summed E-state index contributed by atoms with van der Waals surface area (Å²) in [5.74, 6) is 0.733. The van der Waals surface area contributed by atoms with Crippen LogP contribution < -0.4 is 10.6 Å². The molecule has 0 atom stereocenters. The second-order valence-corrected chi connectivity index (χ2v) is 7.86. The molecule has 0 unspecified atom stereocenters. The lowest BCUT2D eigenvalue weighted by molar-refractivity contribution is -0.130. The zero-order valence-corrected chi connectivity index (χ0v) is 18.5. The molecule has 166 valence electrons. The highest BCUT2D eigenvalue weighted by atomic mass is 16.2. The van der Waals surface area contributed by atoms with Gasteiger partial charge in [-0.1, -0.05) is 48.5 Å². The topological polar surface area (TPSA) is 74.5 Å². The minimum atomic E-state index is 0.0872. The number of rotatable bonds is 7. The number of hydrogen-bond acceptors (Lipinski definition) is 3. The number of guanidine groups is 1. The van der Waals surface area contributed by atoms with E-state index in [0.717, 1.165) is 25.1 Å². The second kappa shape index (κ2) is 10.6. The number of carbonyl (C=O) groups excluding carboxylic acids is 1. The number of aromatic nitrogens is 2. The Kier molecular flexibility index (Phi) is 7.17. The number of nitrogens with zero attached hydrogens (tertiary/aromatic N) is 4. The van der Waals surface area contributed by atoms with Crippen LogP contribution in [0.2, 0.25) is 0 Å². The molecule has 7 heteroatoms. The molecule has 2 aromatic carbocycles. The van der Waals surface area contributed by atoms with Crippen LogP contribution in [0.5, 0.6) is 0 Å². The molecule has 4 rings (SSSR count). The molecule has 0 saturated carbocycles. The fraction of sp³-hybridized carbons (Fsp3) is 0.320. The third-order valence-corrected chi connectivity index (χ3v) is 5.65. The maximum atomic E-state index is 12.8. The van der Waals surface area contributed by atoms with Gasteiger partial charge < -0.3 is 15.5 Å². The molecule has 1 aromatic heterocycles. The second-order valence-electron chi connectivity index (χ2n) is 7.86. The predicted molar refractivity (Wildman–Crippen MR) is 126 cm³/mol. The minimum Gasteiger partial charge on any atom is -0.357 e. The van der Waals surface area contributed by atoms with Crippen molar-refractivity contribution in [2.45, 2.75) is 33.0 Å². The SMILES string of the molecule is CCNC(=NCc1ccccc1Cn1cccn1)NCC(=O)N1CCc2ccccc2C1. The Hall–Kier alpha value is -3.61. The summed E-state index contributed by atoms with van der Waals surface area (Å²) < 4.78 is 1.90. The van der Waals surface area contributed by atoms with Crippen molar-refractivity contribution in [3.8, 4) is 0 Å². The summed E-state index contributed by atoms with van der Waals surface area (Å²) >= 11 is 0. The van der Waals surface area contributed by atoms with Gasteiger partial charge in [0.15, 0.2) is 5.96 Å². The van der Waals surface area contributed by atoms with Gasteiger partial charge in [0.05, 0.1) is 19.6 Å². The van der Waals surface area contributed by atoms with Crippen LogP contribution in [0, 0.1) is 0 Å². The van der Waals surface area contributed by atoms with Gasteiger partial charge in [0.2, 0.25) is 5.91 Å². The van der Waals surface area contributed by atoms with Gasteiger partial charge in [-0.25, -0.2) is 4.99 Å². The summed E-state index contributed by atoms with van der Waals surface area (Å²) in [5, 5.41) is 10.7. The first-order chi connectivity index (χ1) is 15.7. The lowest BCUT2D eigenvalue weighted by atomic mass is 10.00. The first kappa shape index (κ1) is 21.6. The molecule has 7 nitrogen and oxygen atoms in total. The summed E-state index contributed by atoms with van der Waals surface area (Å²) in [6, 6.07) is 18.5. The van der Waals surface area contributed by atoms with E-state index in [-0.39, 0.29) is 12.5 Å². The van der Waals surface area contributed by atoms with Crippen molar-refractivity contribution in [1.82, 2.24) is 25.3 Å². The fourth-order valence-electron chi connectivity index (χ4n) is 3.92. The number of hydrogen-bond donors (Lipinski definition) is 2. The van der Waals surface area contributed by atoms with E-state index in [2.05, 4.69) is 46.1 Å². The number of aliphatic imine (C=N–C) groups is 1. The number of carbonyl (C=O) groups is 1. The first-order valence-electron chi connectivity index (χ1n) is 11.1. The van der Waals surface area contributed by atoms with Gasteiger partial charge in [0.25, 0.3) is 0 Å². The highest BCUT2D eigenvalue weighted by Crippen LogP contribution is 2.18. The average Bonchev–Trinajstić information content (AvgIpc) is 3.34. The van der Waals surface area contributed by atoms with E-state index in [0.29, 0.717) is 25.6 Å². The Morgan fingerprint density at radius 3 is 2.59 bits per heavy atom. The number of benzene rings is 2. The molecule has 32 heavy (non-hydrogen) atoms. The zero-order chi connectivity index (χ0) is 22.2. The van der Waals surface area contributed by atoms with Crippen LogP contribution in [-0.2, 0) is 30.8 Å². The Labute approximate surface area is 189 Å². The van der Waals surface area contributed by atoms with E-state index >= 15 is 0 Å². The van der Waals surface area contributed by atoms with Gasteiger partial charge in [-0.05, 0) is 41.7 Å². The highest BCUT2D eigenvalue weighted by molar-refractivity contribution is 5.86. The standard InChI is InChI=1S/C25H30N6O/c1-2-26-25(27-16-21-9-4-6-11-23(21)19-31-14-7-13-29-31)28-17-24(32)30-15-12-20-8-3-5-10-22(20)18-30/h3-11,13-14H,2,12,15-19H2,1H3,(H2,26,27,28). The summed E-state index contributed by atoms with van der Waals surface area (Å²) in [7, 11) is 0. The van der Waals surface area contributed by atoms with Gasteiger partial charge in [0, 0.05) is 32.0 Å². The Balaban J connectivity index is 1.36. The molecule has 2 N–H and O–H groups in total. The third-order valence-electron chi connectivity index (χ3n) is 5.65. The molecule has 2 heterocycles. The van der Waals surface area contributed by atoms with Gasteiger partial charge in [-0.2, -0.15) is 5.10 Å². The number of nitrogens with one attached hydrogen (secondary N) is 2. The van der Waals surface area contributed by atoms with Crippen molar-refractivity contribution < 1.29 is 4.79 Å². The fourth-order valence-corrected chi connectivity index (χ4v) is 3.92. The summed E-state index contributed by atoms with van der Waals surface area (Å²) in [6.45, 7) is 5.63. The maximum Gasteiger partial charge on any atom is 0.242 e. The van der Waals surface area contributed by atoms with E-state index < -0.39 is 0 Å². The molecule has 1 aliphatic heterocycles. The van der Waals surface area contributed by atoms with Crippen LogP contribution in [0.3, 0.4) is 0 Å². The monoisotopic (exact) mass is 430 g/mol. The number of fused-ring (bicyclic) bond motifs is 1. The molecule has 3 aromatic rings. The van der Waals surface area contributed by atoms with Crippen LogP contribution in [0.25, 0.3) is 0 Å². The zero-order valence-electron chi connectivity index (χ0n) is 18.5. The molecule has 1 aliphatic rings. The average molecular weight is 431 g/mol. The lowest BCUT2D eigenvalue weighted by Crippen LogP contribution is -2.46. The Morgan fingerprint density at radius 1 is 1.03 bits per heavy atom. The van der Waals surface area contributed by atoms with E-state index in [1.165, 1.54) is 16.7 Å². The smallest absolute Gasteiger partial charge is 0.242 e. The molecule has 0 saturated heterocycles. The van der Waals surface area contributed by atoms with Crippen molar-refractivity contribution in [2.75, 3.05) is 19.6 Å². The van der Waals surface area contributed by atoms with Crippen molar-refractivity contribution in [2.24, 2.45) is 4.99 Å². The maximum absolute atomic E-state index is 12.8. The normalized spacial score (nSPS) is 13.5. The highest BCUT2D eigenvalue weighted by Gasteiger charge is 2.20. The van der Waals surface area contributed by atoms with Crippen LogP contribution in [-0.4, -0.2) is 46.2 Å². The largest absolute Gasteiger partial charge is 0.357 e. The van der Waals surface area contributed by atoms with Crippen molar-refractivity contribution in [1.29, 1.82) is 0 Å². The molecular formula is C25H30N6O. The number of amides is 1. The van der Waals surface area contributed by atoms with Crippen molar-refractivity contribution in [3.63, 3.8) is 0 Å². The van der Waals surface area contributed by atoms with Gasteiger partial charge in [0.1, 0.15) is 0 Å². The molecule has 0 fully saturated rings. The molecule has 0 bridgehead atoms. The molecule has 0 radical (unpaired) electrons. The van der Waals surface area contributed by atoms with E-state index in [1.807, 2.05) is 47.0 Å². The molecular weight excluding hydrogens is 400 g/mol. The van der Waals surface area contributed by atoms with Crippen LogP contribution in [0.1, 0.15) is 29.2 Å².